The summed E-state index contributed by atoms with van der Waals surface area (Å²) in [6.07, 6.45) is 1.58. The fourth-order valence-corrected chi connectivity index (χ4v) is 4.10. The van der Waals surface area contributed by atoms with E-state index in [1.165, 1.54) is 0 Å². The number of nitrogens with one attached hydrogen (secondary N) is 1. The molecule has 1 saturated heterocycles. The van der Waals surface area contributed by atoms with Crippen LogP contribution in [0.15, 0.2) is 18.2 Å². The standard InChI is InChI=1S/C15H23NO4S/c1-12-5-6-14(15(10-12)20-8-7-19-2)16-13-4-3-9-21(17,18)11-13/h5-6,10,13,16H,3-4,7-9,11H2,1-2H3. The molecular weight excluding hydrogens is 290 g/mol. The van der Waals surface area contributed by atoms with Crippen LogP contribution < -0.4 is 10.1 Å². The lowest BCUT2D eigenvalue weighted by Crippen LogP contribution is -2.34. The third-order valence-corrected chi connectivity index (χ3v) is 5.33. The van der Waals surface area contributed by atoms with Crippen molar-refractivity contribution in [1.29, 1.82) is 0 Å². The summed E-state index contributed by atoms with van der Waals surface area (Å²) in [5.41, 5.74) is 1.95. The van der Waals surface area contributed by atoms with Crippen molar-refractivity contribution in [2.75, 3.05) is 37.1 Å². The highest BCUT2D eigenvalue weighted by atomic mass is 32.2. The van der Waals surface area contributed by atoms with E-state index in [0.29, 0.717) is 25.4 Å². The molecule has 6 heteroatoms. The van der Waals surface area contributed by atoms with Gasteiger partial charge in [-0.1, -0.05) is 6.07 Å². The molecule has 1 aromatic carbocycles. The fraction of sp³-hybridized carbons (Fsp3) is 0.600. The average Bonchev–Trinajstić information content (AvgIpc) is 2.41. The van der Waals surface area contributed by atoms with Gasteiger partial charge in [0.25, 0.3) is 0 Å². The topological polar surface area (TPSA) is 64.6 Å². The summed E-state index contributed by atoms with van der Waals surface area (Å²) in [6.45, 7) is 2.99. The lowest BCUT2D eigenvalue weighted by Gasteiger charge is -2.25. The van der Waals surface area contributed by atoms with Gasteiger partial charge in [-0.15, -0.1) is 0 Å². The van der Waals surface area contributed by atoms with Gasteiger partial charge in [-0.05, 0) is 37.5 Å². The minimum atomic E-state index is -2.92. The van der Waals surface area contributed by atoms with E-state index in [0.717, 1.165) is 23.4 Å². The zero-order valence-electron chi connectivity index (χ0n) is 12.6. The van der Waals surface area contributed by atoms with Gasteiger partial charge in [-0.25, -0.2) is 8.42 Å². The van der Waals surface area contributed by atoms with Crippen LogP contribution in [0.2, 0.25) is 0 Å². The molecule has 0 amide bonds. The van der Waals surface area contributed by atoms with Gasteiger partial charge in [0.2, 0.25) is 0 Å². The first kappa shape index (κ1) is 16.1. The van der Waals surface area contributed by atoms with Crippen LogP contribution in [0, 0.1) is 6.92 Å². The highest BCUT2D eigenvalue weighted by Gasteiger charge is 2.25. The first-order valence-electron chi connectivity index (χ1n) is 7.19. The van der Waals surface area contributed by atoms with Crippen molar-refractivity contribution in [1.82, 2.24) is 0 Å². The second kappa shape index (κ2) is 7.13. The molecule has 1 aliphatic rings. The van der Waals surface area contributed by atoms with Gasteiger partial charge < -0.3 is 14.8 Å². The van der Waals surface area contributed by atoms with Crippen molar-refractivity contribution < 1.29 is 17.9 Å². The second-order valence-electron chi connectivity index (χ2n) is 5.44. The molecule has 21 heavy (non-hydrogen) atoms. The summed E-state index contributed by atoms with van der Waals surface area (Å²) < 4.78 is 34.1. The summed E-state index contributed by atoms with van der Waals surface area (Å²) in [6, 6.07) is 5.84. The molecule has 1 aliphatic heterocycles. The molecule has 1 heterocycles. The number of aryl methyl sites for hydroxylation is 1. The highest BCUT2D eigenvalue weighted by Crippen LogP contribution is 2.28. The Labute approximate surface area is 126 Å². The monoisotopic (exact) mass is 313 g/mol. The molecule has 118 valence electrons. The number of hydrogen-bond donors (Lipinski definition) is 1. The number of sulfone groups is 1. The van der Waals surface area contributed by atoms with Crippen LogP contribution in [0.5, 0.6) is 5.75 Å². The molecule has 1 unspecified atom stereocenters. The molecule has 0 saturated carbocycles. The van der Waals surface area contributed by atoms with E-state index in [4.69, 9.17) is 9.47 Å². The molecule has 1 aromatic rings. The molecule has 0 aromatic heterocycles. The Morgan fingerprint density at radius 2 is 2.14 bits per heavy atom. The van der Waals surface area contributed by atoms with E-state index in [9.17, 15) is 8.42 Å². The van der Waals surface area contributed by atoms with E-state index in [1.54, 1.807) is 7.11 Å². The number of ether oxygens (including phenoxy) is 2. The third-order valence-electron chi connectivity index (χ3n) is 3.50. The van der Waals surface area contributed by atoms with Gasteiger partial charge in [-0.2, -0.15) is 0 Å². The molecule has 0 aliphatic carbocycles. The van der Waals surface area contributed by atoms with Gasteiger partial charge >= 0.3 is 0 Å². The molecule has 1 atom stereocenters. The predicted octanol–water partition coefficient (Wildman–Crippen LogP) is 2.01. The van der Waals surface area contributed by atoms with Gasteiger partial charge in [-0.3, -0.25) is 0 Å². The largest absolute Gasteiger partial charge is 0.489 e. The number of benzene rings is 1. The fourth-order valence-electron chi connectivity index (χ4n) is 2.46. The summed E-state index contributed by atoms with van der Waals surface area (Å²) in [5.74, 6) is 1.24. The average molecular weight is 313 g/mol. The van der Waals surface area contributed by atoms with Crippen LogP contribution >= 0.6 is 0 Å². The minimum Gasteiger partial charge on any atom is -0.489 e. The van der Waals surface area contributed by atoms with E-state index >= 15 is 0 Å². The van der Waals surface area contributed by atoms with Gasteiger partial charge in [0, 0.05) is 13.2 Å². The SMILES string of the molecule is COCCOc1cc(C)ccc1NC1CCCS(=O)(=O)C1. The zero-order valence-corrected chi connectivity index (χ0v) is 13.4. The maximum atomic E-state index is 11.7. The lowest BCUT2D eigenvalue weighted by molar-refractivity contribution is 0.146. The summed E-state index contributed by atoms with van der Waals surface area (Å²) in [4.78, 5) is 0. The Balaban J connectivity index is 2.07. The van der Waals surface area contributed by atoms with Crippen molar-refractivity contribution in [3.8, 4) is 5.75 Å². The molecule has 0 spiro atoms. The highest BCUT2D eigenvalue weighted by molar-refractivity contribution is 7.91. The quantitative estimate of drug-likeness (QED) is 0.814. The summed E-state index contributed by atoms with van der Waals surface area (Å²) >= 11 is 0. The van der Waals surface area contributed by atoms with Crippen LogP contribution in [-0.2, 0) is 14.6 Å². The Hall–Kier alpha value is -1.27. The zero-order chi connectivity index (χ0) is 15.3. The van der Waals surface area contributed by atoms with Crippen LogP contribution in [0.3, 0.4) is 0 Å². The Morgan fingerprint density at radius 1 is 1.33 bits per heavy atom. The molecule has 0 radical (unpaired) electrons. The van der Waals surface area contributed by atoms with Crippen molar-refractivity contribution in [2.24, 2.45) is 0 Å². The van der Waals surface area contributed by atoms with Gasteiger partial charge in [0.05, 0.1) is 23.8 Å². The third kappa shape index (κ3) is 4.89. The van der Waals surface area contributed by atoms with E-state index in [1.807, 2.05) is 25.1 Å². The lowest BCUT2D eigenvalue weighted by atomic mass is 10.1. The number of anilines is 1. The first-order chi connectivity index (χ1) is 10.00. The number of rotatable bonds is 6. The summed E-state index contributed by atoms with van der Waals surface area (Å²) in [7, 11) is -1.29. The Bertz CT molecular complexity index is 571. The van der Waals surface area contributed by atoms with Crippen LogP contribution in [0.4, 0.5) is 5.69 Å². The first-order valence-corrected chi connectivity index (χ1v) is 9.01. The Morgan fingerprint density at radius 3 is 2.86 bits per heavy atom. The predicted molar refractivity (Wildman–Crippen MR) is 83.8 cm³/mol. The molecule has 1 N–H and O–H groups in total. The van der Waals surface area contributed by atoms with Crippen molar-refractivity contribution in [2.45, 2.75) is 25.8 Å². The molecule has 0 bridgehead atoms. The molecular formula is C15H23NO4S. The normalized spacial score (nSPS) is 21.0. The van der Waals surface area contributed by atoms with Crippen LogP contribution in [0.1, 0.15) is 18.4 Å². The molecule has 1 fully saturated rings. The number of hydrogen-bond acceptors (Lipinski definition) is 5. The molecule has 2 rings (SSSR count). The number of methoxy groups -OCH3 is 1. The minimum absolute atomic E-state index is 0.0452. The van der Waals surface area contributed by atoms with Crippen molar-refractivity contribution in [3.63, 3.8) is 0 Å². The van der Waals surface area contributed by atoms with E-state index in [2.05, 4.69) is 5.32 Å². The van der Waals surface area contributed by atoms with Crippen molar-refractivity contribution >= 4 is 15.5 Å². The smallest absolute Gasteiger partial charge is 0.152 e. The summed E-state index contributed by atoms with van der Waals surface area (Å²) in [5, 5.41) is 3.31. The van der Waals surface area contributed by atoms with E-state index in [-0.39, 0.29) is 11.8 Å². The molecule has 5 nitrogen and oxygen atoms in total. The van der Waals surface area contributed by atoms with Crippen LogP contribution in [-0.4, -0.2) is 46.3 Å². The van der Waals surface area contributed by atoms with Gasteiger partial charge in [0.1, 0.15) is 12.4 Å². The van der Waals surface area contributed by atoms with E-state index < -0.39 is 9.84 Å². The van der Waals surface area contributed by atoms with Gasteiger partial charge in [0.15, 0.2) is 9.84 Å². The van der Waals surface area contributed by atoms with Crippen molar-refractivity contribution in [3.05, 3.63) is 23.8 Å². The maximum Gasteiger partial charge on any atom is 0.152 e. The second-order valence-corrected chi connectivity index (χ2v) is 7.67. The maximum absolute atomic E-state index is 11.7. The Kier molecular flexibility index (Phi) is 5.47. The van der Waals surface area contributed by atoms with Crippen LogP contribution in [0.25, 0.3) is 0 Å².